The van der Waals surface area contributed by atoms with Gasteiger partial charge in [-0.05, 0) is 48.4 Å². The largest absolute Gasteiger partial charge is 0.481 e. The average Bonchev–Trinajstić information content (AvgIpc) is 2.70. The van der Waals surface area contributed by atoms with Crippen molar-refractivity contribution in [2.75, 3.05) is 26.2 Å². The highest BCUT2D eigenvalue weighted by Gasteiger charge is 2.28. The number of carbonyl (C=O) groups is 2. The van der Waals surface area contributed by atoms with E-state index in [1.807, 2.05) is 0 Å². The minimum absolute atomic E-state index is 0.0107. The van der Waals surface area contributed by atoms with E-state index in [1.165, 1.54) is 36.4 Å². The normalized spacial score (nSPS) is 16.0. The van der Waals surface area contributed by atoms with Crippen LogP contribution in [-0.2, 0) is 4.79 Å². The number of halogens is 2. The molecule has 2 aromatic carbocycles. The van der Waals surface area contributed by atoms with Gasteiger partial charge in [-0.3, -0.25) is 14.5 Å². The zero-order valence-electron chi connectivity index (χ0n) is 15.4. The van der Waals surface area contributed by atoms with Gasteiger partial charge in [0.2, 0.25) is 0 Å². The molecule has 0 bridgehead atoms. The minimum atomic E-state index is -0.878. The zero-order valence-corrected chi connectivity index (χ0v) is 15.4. The van der Waals surface area contributed by atoms with Crippen LogP contribution < -0.4 is 0 Å². The molecular formula is C21H22F2N2O3. The van der Waals surface area contributed by atoms with Crippen LogP contribution in [0.4, 0.5) is 8.78 Å². The fourth-order valence-corrected chi connectivity index (χ4v) is 3.52. The fourth-order valence-electron chi connectivity index (χ4n) is 3.52. The van der Waals surface area contributed by atoms with E-state index in [2.05, 4.69) is 4.90 Å². The smallest absolute Gasteiger partial charge is 0.303 e. The molecule has 3 rings (SSSR count). The number of nitrogens with zero attached hydrogens (tertiary/aromatic N) is 2. The van der Waals surface area contributed by atoms with E-state index in [1.54, 1.807) is 17.0 Å². The Morgan fingerprint density at radius 1 is 0.893 bits per heavy atom. The number of carboxylic acid groups (broad SMARTS) is 1. The second kappa shape index (κ2) is 8.93. The first-order valence-electron chi connectivity index (χ1n) is 9.20. The first-order chi connectivity index (χ1) is 13.4. The molecule has 28 heavy (non-hydrogen) atoms. The molecular weight excluding hydrogens is 366 g/mol. The second-order valence-electron chi connectivity index (χ2n) is 6.83. The van der Waals surface area contributed by atoms with Gasteiger partial charge in [0.25, 0.3) is 5.91 Å². The van der Waals surface area contributed by atoms with Gasteiger partial charge in [-0.25, -0.2) is 8.78 Å². The van der Waals surface area contributed by atoms with Crippen molar-refractivity contribution in [2.24, 2.45) is 0 Å². The summed E-state index contributed by atoms with van der Waals surface area (Å²) in [5.41, 5.74) is 1.30. The van der Waals surface area contributed by atoms with E-state index in [0.29, 0.717) is 38.2 Å². The highest BCUT2D eigenvalue weighted by atomic mass is 19.1. The van der Waals surface area contributed by atoms with E-state index >= 15 is 0 Å². The average molecular weight is 388 g/mol. The molecule has 0 aliphatic carbocycles. The predicted octanol–water partition coefficient (Wildman–Crippen LogP) is 3.33. The quantitative estimate of drug-likeness (QED) is 0.825. The third-order valence-corrected chi connectivity index (χ3v) is 5.02. The Morgan fingerprint density at radius 3 is 1.96 bits per heavy atom. The van der Waals surface area contributed by atoms with Crippen molar-refractivity contribution in [3.63, 3.8) is 0 Å². The van der Waals surface area contributed by atoms with Crippen LogP contribution in [0.2, 0.25) is 0 Å². The predicted molar refractivity (Wildman–Crippen MR) is 99.9 cm³/mol. The lowest BCUT2D eigenvalue weighted by Crippen LogP contribution is -2.49. The van der Waals surface area contributed by atoms with Gasteiger partial charge >= 0.3 is 5.97 Å². The molecule has 0 spiro atoms. The fraction of sp³-hybridized carbons (Fsp3) is 0.333. The molecule has 1 saturated heterocycles. The van der Waals surface area contributed by atoms with E-state index in [9.17, 15) is 18.4 Å². The van der Waals surface area contributed by atoms with Gasteiger partial charge < -0.3 is 10.0 Å². The van der Waals surface area contributed by atoms with E-state index in [-0.39, 0.29) is 30.0 Å². The summed E-state index contributed by atoms with van der Waals surface area (Å²) in [6.45, 7) is 2.13. The number of hydrogen-bond donors (Lipinski definition) is 1. The summed E-state index contributed by atoms with van der Waals surface area (Å²) < 4.78 is 26.3. The molecule has 0 saturated carbocycles. The van der Waals surface area contributed by atoms with Crippen LogP contribution in [0, 0.1) is 11.6 Å². The van der Waals surface area contributed by atoms with E-state index in [4.69, 9.17) is 5.11 Å². The molecule has 1 aliphatic heterocycles. The van der Waals surface area contributed by atoms with Gasteiger partial charge in [0.05, 0.1) is 0 Å². The van der Waals surface area contributed by atoms with Gasteiger partial charge in [0.15, 0.2) is 0 Å². The van der Waals surface area contributed by atoms with Crippen LogP contribution in [0.3, 0.4) is 0 Å². The van der Waals surface area contributed by atoms with Gasteiger partial charge in [0.1, 0.15) is 11.6 Å². The number of rotatable bonds is 6. The molecule has 0 aromatic heterocycles. The number of benzene rings is 2. The van der Waals surface area contributed by atoms with Crippen molar-refractivity contribution >= 4 is 11.9 Å². The Morgan fingerprint density at radius 2 is 1.43 bits per heavy atom. The van der Waals surface area contributed by atoms with Crippen molar-refractivity contribution in [1.82, 2.24) is 9.80 Å². The molecule has 0 radical (unpaired) electrons. The third kappa shape index (κ3) is 4.92. The summed E-state index contributed by atoms with van der Waals surface area (Å²) in [6.07, 6.45) is 0.420. The maximum Gasteiger partial charge on any atom is 0.303 e. The van der Waals surface area contributed by atoms with E-state index in [0.717, 1.165) is 5.56 Å². The van der Waals surface area contributed by atoms with Crippen molar-refractivity contribution in [1.29, 1.82) is 0 Å². The minimum Gasteiger partial charge on any atom is -0.481 e. The highest BCUT2D eigenvalue weighted by Crippen LogP contribution is 2.27. The molecule has 2 aromatic rings. The van der Waals surface area contributed by atoms with Crippen LogP contribution in [0.25, 0.3) is 0 Å². The van der Waals surface area contributed by atoms with Crippen molar-refractivity contribution in [2.45, 2.75) is 18.9 Å². The van der Waals surface area contributed by atoms with E-state index < -0.39 is 5.97 Å². The number of amides is 1. The summed E-state index contributed by atoms with van der Waals surface area (Å²) in [6, 6.07) is 11.4. The van der Waals surface area contributed by atoms with Crippen LogP contribution in [0.5, 0.6) is 0 Å². The lowest BCUT2D eigenvalue weighted by molar-refractivity contribution is -0.137. The SMILES string of the molecule is O=C(O)CC[C@@H](c1ccc(F)cc1)N1CCN(C(=O)c2ccc(F)cc2)CC1. The maximum atomic E-state index is 13.3. The summed E-state index contributed by atoms with van der Waals surface area (Å²) >= 11 is 0. The molecule has 0 unspecified atom stereocenters. The van der Waals surface area contributed by atoms with Crippen LogP contribution >= 0.6 is 0 Å². The molecule has 7 heteroatoms. The molecule has 1 atom stereocenters. The first-order valence-corrected chi connectivity index (χ1v) is 9.20. The van der Waals surface area contributed by atoms with Gasteiger partial charge in [-0.1, -0.05) is 12.1 Å². The van der Waals surface area contributed by atoms with Crippen molar-refractivity contribution in [3.05, 3.63) is 71.3 Å². The number of hydrogen-bond acceptors (Lipinski definition) is 3. The number of carboxylic acids is 1. The van der Waals surface area contributed by atoms with Crippen LogP contribution in [0.1, 0.15) is 34.8 Å². The van der Waals surface area contributed by atoms with Crippen LogP contribution in [-0.4, -0.2) is 53.0 Å². The van der Waals surface area contributed by atoms with Crippen LogP contribution in [0.15, 0.2) is 48.5 Å². The summed E-state index contributed by atoms with van der Waals surface area (Å²) in [4.78, 5) is 27.5. The van der Waals surface area contributed by atoms with Gasteiger partial charge in [-0.15, -0.1) is 0 Å². The zero-order chi connectivity index (χ0) is 20.1. The molecule has 1 heterocycles. The second-order valence-corrected chi connectivity index (χ2v) is 6.83. The van der Waals surface area contributed by atoms with Crippen molar-refractivity contribution in [3.8, 4) is 0 Å². The summed E-state index contributed by atoms with van der Waals surface area (Å²) in [5.74, 6) is -1.75. The molecule has 5 nitrogen and oxygen atoms in total. The Labute approximate surface area is 162 Å². The molecule has 1 fully saturated rings. The molecule has 1 N–H and O–H groups in total. The molecule has 1 aliphatic rings. The summed E-state index contributed by atoms with van der Waals surface area (Å²) in [5, 5.41) is 9.05. The standard InChI is InChI=1S/C21H22F2N2O3/c22-17-5-1-15(2-6-17)19(9-10-20(26)27)24-11-13-25(14-12-24)21(28)16-3-7-18(23)8-4-16/h1-8,19H,9-14H2,(H,26,27)/t19-/m0/s1. The Hall–Kier alpha value is -2.80. The lowest BCUT2D eigenvalue weighted by atomic mass is 9.99. The third-order valence-electron chi connectivity index (χ3n) is 5.02. The lowest BCUT2D eigenvalue weighted by Gasteiger charge is -2.39. The maximum absolute atomic E-state index is 13.3. The molecule has 1 amide bonds. The Balaban J connectivity index is 1.67. The number of carbonyl (C=O) groups excluding carboxylic acids is 1. The summed E-state index contributed by atoms with van der Waals surface area (Å²) in [7, 11) is 0. The number of piperazine rings is 1. The highest BCUT2D eigenvalue weighted by molar-refractivity contribution is 5.94. The first kappa shape index (κ1) is 19.9. The van der Waals surface area contributed by atoms with Gasteiger partial charge in [-0.2, -0.15) is 0 Å². The van der Waals surface area contributed by atoms with Crippen molar-refractivity contribution < 1.29 is 23.5 Å². The topological polar surface area (TPSA) is 60.9 Å². The van der Waals surface area contributed by atoms with Gasteiger partial charge in [0, 0.05) is 44.2 Å². The Kier molecular flexibility index (Phi) is 6.36. The molecule has 148 valence electrons. The monoisotopic (exact) mass is 388 g/mol. The Bertz CT molecular complexity index is 817. The number of aliphatic carboxylic acids is 1.